The maximum atomic E-state index is 12.3. The molecule has 0 aliphatic rings. The van der Waals surface area contributed by atoms with Gasteiger partial charge in [0, 0.05) is 11.8 Å². The minimum absolute atomic E-state index is 0.279. The number of amides is 1. The van der Waals surface area contributed by atoms with Gasteiger partial charge in [0.05, 0.1) is 24.0 Å². The number of methoxy groups -OCH3 is 1. The lowest BCUT2D eigenvalue weighted by atomic mass is 10.2. The van der Waals surface area contributed by atoms with Gasteiger partial charge in [-0.3, -0.25) is 4.79 Å². The minimum atomic E-state index is -0.681. The largest absolute Gasteiger partial charge is 0.497 e. The number of hydrogen-bond donors (Lipinski definition) is 1. The Kier molecular flexibility index (Phi) is 4.40. The molecule has 22 heavy (non-hydrogen) atoms. The molecule has 0 aliphatic heterocycles. The summed E-state index contributed by atoms with van der Waals surface area (Å²) in [5.74, 6) is 0.0178. The standard InChI is InChI=1S/C14H16N4O4/c1-9-7-13(18(20)21)16-17(9)10(2)14(19)15-11-5-4-6-12(8-11)22-3/h4-8,10H,1-3H3,(H,15,19). The summed E-state index contributed by atoms with van der Waals surface area (Å²) in [5, 5.41) is 17.3. The number of aryl methyl sites for hydroxylation is 1. The molecule has 8 nitrogen and oxygen atoms in total. The highest BCUT2D eigenvalue weighted by atomic mass is 16.6. The number of ether oxygens (including phenoxy) is 1. The normalized spacial score (nSPS) is 11.8. The molecule has 0 spiro atoms. The molecule has 0 saturated heterocycles. The molecule has 0 bridgehead atoms. The van der Waals surface area contributed by atoms with E-state index in [1.165, 1.54) is 17.9 Å². The molecular formula is C14H16N4O4. The highest BCUT2D eigenvalue weighted by Crippen LogP contribution is 2.20. The highest BCUT2D eigenvalue weighted by Gasteiger charge is 2.24. The zero-order chi connectivity index (χ0) is 16.3. The Morgan fingerprint density at radius 1 is 1.45 bits per heavy atom. The molecule has 0 aliphatic carbocycles. The van der Waals surface area contributed by atoms with E-state index in [-0.39, 0.29) is 11.7 Å². The van der Waals surface area contributed by atoms with Gasteiger partial charge in [-0.25, -0.2) is 0 Å². The van der Waals surface area contributed by atoms with Crippen molar-refractivity contribution in [3.63, 3.8) is 0 Å². The van der Waals surface area contributed by atoms with Crippen LogP contribution in [0.25, 0.3) is 0 Å². The fraction of sp³-hybridized carbons (Fsp3) is 0.286. The first-order valence-corrected chi connectivity index (χ1v) is 6.58. The van der Waals surface area contributed by atoms with Crippen molar-refractivity contribution in [2.75, 3.05) is 12.4 Å². The SMILES string of the molecule is COc1cccc(NC(=O)C(C)n2nc([N+](=O)[O-])cc2C)c1. The van der Waals surface area contributed by atoms with Crippen LogP contribution in [0.4, 0.5) is 11.5 Å². The number of anilines is 1. The van der Waals surface area contributed by atoms with Crippen LogP contribution in [0.5, 0.6) is 5.75 Å². The van der Waals surface area contributed by atoms with E-state index in [2.05, 4.69) is 10.4 Å². The maximum Gasteiger partial charge on any atom is 0.390 e. The molecule has 1 unspecified atom stereocenters. The van der Waals surface area contributed by atoms with E-state index in [0.29, 0.717) is 17.1 Å². The Bertz CT molecular complexity index is 711. The second-order valence-corrected chi connectivity index (χ2v) is 4.74. The summed E-state index contributed by atoms with van der Waals surface area (Å²) in [6.45, 7) is 3.29. The number of carbonyl (C=O) groups is 1. The zero-order valence-corrected chi connectivity index (χ0v) is 12.4. The molecule has 1 atom stereocenters. The Labute approximate surface area is 126 Å². The van der Waals surface area contributed by atoms with Crippen LogP contribution in [-0.4, -0.2) is 27.7 Å². The van der Waals surface area contributed by atoms with Gasteiger partial charge in [-0.1, -0.05) is 6.07 Å². The van der Waals surface area contributed by atoms with Gasteiger partial charge >= 0.3 is 5.82 Å². The Balaban J connectivity index is 2.16. The molecule has 116 valence electrons. The van der Waals surface area contributed by atoms with Gasteiger partial charge in [0.1, 0.15) is 11.8 Å². The average molecular weight is 304 g/mol. The summed E-state index contributed by atoms with van der Waals surface area (Å²) < 4.78 is 6.41. The Hall–Kier alpha value is -2.90. The molecule has 1 aromatic heterocycles. The van der Waals surface area contributed by atoms with E-state index in [4.69, 9.17) is 4.74 Å². The highest BCUT2D eigenvalue weighted by molar-refractivity contribution is 5.93. The predicted octanol–water partition coefficient (Wildman–Crippen LogP) is 2.31. The van der Waals surface area contributed by atoms with Gasteiger partial charge in [-0.15, -0.1) is 0 Å². The summed E-state index contributed by atoms with van der Waals surface area (Å²) in [5.41, 5.74) is 1.12. The molecule has 8 heteroatoms. The lowest BCUT2D eigenvalue weighted by Crippen LogP contribution is -2.25. The summed E-state index contributed by atoms with van der Waals surface area (Å²) in [6, 6.07) is 7.58. The van der Waals surface area contributed by atoms with Crippen LogP contribution in [0, 0.1) is 17.0 Å². The first kappa shape index (κ1) is 15.5. The van der Waals surface area contributed by atoms with Crippen LogP contribution >= 0.6 is 0 Å². The fourth-order valence-corrected chi connectivity index (χ4v) is 2.01. The maximum absolute atomic E-state index is 12.3. The zero-order valence-electron chi connectivity index (χ0n) is 12.4. The molecule has 0 radical (unpaired) electrons. The summed E-state index contributed by atoms with van der Waals surface area (Å²) in [6.07, 6.45) is 0. The number of rotatable bonds is 5. The van der Waals surface area contributed by atoms with E-state index < -0.39 is 11.0 Å². The molecule has 0 fully saturated rings. The molecular weight excluding hydrogens is 288 g/mol. The van der Waals surface area contributed by atoms with Gasteiger partial charge in [-0.05, 0) is 30.9 Å². The smallest absolute Gasteiger partial charge is 0.390 e. The van der Waals surface area contributed by atoms with E-state index in [1.54, 1.807) is 38.1 Å². The summed E-state index contributed by atoms with van der Waals surface area (Å²) >= 11 is 0. The van der Waals surface area contributed by atoms with Gasteiger partial charge in [0.2, 0.25) is 0 Å². The van der Waals surface area contributed by atoms with Crippen molar-refractivity contribution in [3.05, 3.63) is 46.1 Å². The molecule has 2 rings (SSSR count). The lowest BCUT2D eigenvalue weighted by Gasteiger charge is -2.12. The quantitative estimate of drug-likeness (QED) is 0.675. The number of hydrogen-bond acceptors (Lipinski definition) is 5. The van der Waals surface area contributed by atoms with Gasteiger partial charge in [-0.2, -0.15) is 4.68 Å². The number of benzene rings is 1. The van der Waals surface area contributed by atoms with Crippen molar-refractivity contribution in [2.24, 2.45) is 0 Å². The van der Waals surface area contributed by atoms with Crippen molar-refractivity contribution < 1.29 is 14.5 Å². The van der Waals surface area contributed by atoms with Crippen LogP contribution in [0.3, 0.4) is 0 Å². The third kappa shape index (κ3) is 3.22. The number of nitro groups is 1. The van der Waals surface area contributed by atoms with Gasteiger partial charge in [0.15, 0.2) is 0 Å². The monoisotopic (exact) mass is 304 g/mol. The Morgan fingerprint density at radius 3 is 2.77 bits per heavy atom. The Morgan fingerprint density at radius 2 is 2.18 bits per heavy atom. The third-order valence-electron chi connectivity index (χ3n) is 3.18. The summed E-state index contributed by atoms with van der Waals surface area (Å²) in [4.78, 5) is 22.4. The van der Waals surface area contributed by atoms with Gasteiger partial charge in [0.25, 0.3) is 5.91 Å². The number of aromatic nitrogens is 2. The topological polar surface area (TPSA) is 99.3 Å². The number of carbonyl (C=O) groups excluding carboxylic acids is 1. The predicted molar refractivity (Wildman–Crippen MR) is 80.0 cm³/mol. The second kappa shape index (κ2) is 6.25. The molecule has 1 heterocycles. The first-order valence-electron chi connectivity index (χ1n) is 6.58. The fourth-order valence-electron chi connectivity index (χ4n) is 2.01. The van der Waals surface area contributed by atoms with E-state index in [1.807, 2.05) is 0 Å². The minimum Gasteiger partial charge on any atom is -0.497 e. The van der Waals surface area contributed by atoms with Crippen molar-refractivity contribution in [3.8, 4) is 5.75 Å². The van der Waals surface area contributed by atoms with Crippen molar-refractivity contribution >= 4 is 17.4 Å². The van der Waals surface area contributed by atoms with Crippen molar-refractivity contribution in [1.82, 2.24) is 9.78 Å². The lowest BCUT2D eigenvalue weighted by molar-refractivity contribution is -0.389. The molecule has 2 aromatic rings. The van der Waals surface area contributed by atoms with E-state index >= 15 is 0 Å². The molecule has 1 N–H and O–H groups in total. The van der Waals surface area contributed by atoms with Crippen LogP contribution in [0.15, 0.2) is 30.3 Å². The van der Waals surface area contributed by atoms with Crippen LogP contribution in [-0.2, 0) is 4.79 Å². The average Bonchev–Trinajstić information content (AvgIpc) is 2.88. The van der Waals surface area contributed by atoms with Crippen LogP contribution < -0.4 is 10.1 Å². The molecule has 1 amide bonds. The van der Waals surface area contributed by atoms with Gasteiger partial charge < -0.3 is 20.2 Å². The molecule has 1 aromatic carbocycles. The van der Waals surface area contributed by atoms with Crippen molar-refractivity contribution in [1.29, 1.82) is 0 Å². The molecule has 0 saturated carbocycles. The first-order chi connectivity index (χ1) is 10.4. The van der Waals surface area contributed by atoms with Crippen molar-refractivity contribution in [2.45, 2.75) is 19.9 Å². The number of nitrogens with one attached hydrogen (secondary N) is 1. The second-order valence-electron chi connectivity index (χ2n) is 4.74. The van der Waals surface area contributed by atoms with E-state index in [9.17, 15) is 14.9 Å². The van der Waals surface area contributed by atoms with Crippen LogP contribution in [0.1, 0.15) is 18.7 Å². The summed E-state index contributed by atoms with van der Waals surface area (Å²) in [7, 11) is 1.54. The number of nitrogens with zero attached hydrogens (tertiary/aromatic N) is 3. The van der Waals surface area contributed by atoms with E-state index in [0.717, 1.165) is 0 Å². The van der Waals surface area contributed by atoms with Crippen LogP contribution in [0.2, 0.25) is 0 Å². The third-order valence-corrected chi connectivity index (χ3v) is 3.18.